The first-order valence-corrected chi connectivity index (χ1v) is 11.4. The Morgan fingerprint density at radius 2 is 0.970 bits per heavy atom. The number of nitrogens with zero attached hydrogens (tertiary/aromatic N) is 2. The van der Waals surface area contributed by atoms with E-state index in [2.05, 4.69) is 107 Å². The molecule has 0 radical (unpaired) electrons. The first-order valence-electron chi connectivity index (χ1n) is 11.4. The summed E-state index contributed by atoms with van der Waals surface area (Å²) in [6, 6.07) is 29.1. The normalized spacial score (nSPS) is 23.3. The van der Waals surface area contributed by atoms with Crippen LogP contribution in [0.15, 0.2) is 122 Å². The average molecular weight is 429 g/mol. The Morgan fingerprint density at radius 3 is 1.42 bits per heavy atom. The summed E-state index contributed by atoms with van der Waals surface area (Å²) in [5.41, 5.74) is 4.85. The molecule has 4 nitrogen and oxygen atoms in total. The molecule has 4 heterocycles. The van der Waals surface area contributed by atoms with Gasteiger partial charge in [0.25, 0.3) is 0 Å². The van der Waals surface area contributed by atoms with Gasteiger partial charge in [0.05, 0.1) is 0 Å². The van der Waals surface area contributed by atoms with Crippen molar-refractivity contribution in [3.05, 3.63) is 133 Å². The quantitative estimate of drug-likeness (QED) is 0.505. The van der Waals surface area contributed by atoms with Crippen LogP contribution in [0.4, 0.5) is 0 Å². The lowest BCUT2D eigenvalue weighted by molar-refractivity contribution is 0.309. The van der Waals surface area contributed by atoms with Crippen molar-refractivity contribution in [2.45, 2.75) is 12.1 Å². The zero-order valence-corrected chi connectivity index (χ0v) is 18.0. The van der Waals surface area contributed by atoms with Gasteiger partial charge in [0, 0.05) is 12.1 Å². The standard InChI is InChI=1S/C28H22BN2O2/c1-3-9-21(10-4-1)23-15-17-30-25(19-23)26-20-24(22-11-5-2-6-12-22)16-18-31(26)29(30)32-27-13-7-8-14-28(27)33-29/h1-20,25-26H/q-1/t25-,26-/m0/s1. The second kappa shape index (κ2) is 6.94. The van der Waals surface area contributed by atoms with E-state index in [9.17, 15) is 0 Å². The summed E-state index contributed by atoms with van der Waals surface area (Å²) in [4.78, 5) is 4.51. The fraction of sp³-hybridized carbons (Fsp3) is 0.0714. The summed E-state index contributed by atoms with van der Waals surface area (Å²) < 4.78 is 13.2. The lowest BCUT2D eigenvalue weighted by Crippen LogP contribution is -2.65. The van der Waals surface area contributed by atoms with Crippen LogP contribution in [0.25, 0.3) is 11.1 Å². The number of para-hydroxylation sites is 2. The van der Waals surface area contributed by atoms with Gasteiger partial charge in [0.1, 0.15) is 11.5 Å². The van der Waals surface area contributed by atoms with Gasteiger partial charge in [-0.2, -0.15) is 0 Å². The van der Waals surface area contributed by atoms with E-state index in [0.717, 1.165) is 11.5 Å². The van der Waals surface area contributed by atoms with Crippen molar-refractivity contribution in [1.29, 1.82) is 0 Å². The fourth-order valence-corrected chi connectivity index (χ4v) is 5.43. The minimum atomic E-state index is -1.91. The third-order valence-electron chi connectivity index (χ3n) is 6.97. The molecule has 1 saturated heterocycles. The summed E-state index contributed by atoms with van der Waals surface area (Å²) in [5, 5.41) is 0. The van der Waals surface area contributed by atoms with Gasteiger partial charge < -0.3 is 18.9 Å². The summed E-state index contributed by atoms with van der Waals surface area (Å²) in [6.45, 7) is -1.91. The highest BCUT2D eigenvalue weighted by Gasteiger charge is 2.59. The maximum Gasteiger partial charge on any atom is 0.572 e. The summed E-state index contributed by atoms with van der Waals surface area (Å²) in [5.74, 6) is 1.57. The summed E-state index contributed by atoms with van der Waals surface area (Å²) in [6.07, 6.45) is 13.3. The first-order chi connectivity index (χ1) is 16.3. The van der Waals surface area contributed by atoms with Crippen LogP contribution in [-0.4, -0.2) is 28.5 Å². The second-order valence-electron chi connectivity index (χ2n) is 8.80. The van der Waals surface area contributed by atoms with Crippen molar-refractivity contribution in [1.82, 2.24) is 9.62 Å². The largest absolute Gasteiger partial charge is 0.644 e. The van der Waals surface area contributed by atoms with Crippen LogP contribution in [0.3, 0.4) is 0 Å². The van der Waals surface area contributed by atoms with Crippen molar-refractivity contribution in [2.75, 3.05) is 0 Å². The molecule has 3 aromatic carbocycles. The van der Waals surface area contributed by atoms with Crippen LogP contribution < -0.4 is 9.31 Å². The Hall–Kier alpha value is -4.12. The molecule has 0 unspecified atom stereocenters. The topological polar surface area (TPSA) is 24.9 Å². The molecular formula is C28H22BN2O2-. The highest BCUT2D eigenvalue weighted by Crippen LogP contribution is 2.48. The number of benzene rings is 3. The molecule has 33 heavy (non-hydrogen) atoms. The van der Waals surface area contributed by atoms with Gasteiger partial charge in [0.2, 0.25) is 0 Å². The first kappa shape index (κ1) is 18.5. The molecular weight excluding hydrogens is 407 g/mol. The van der Waals surface area contributed by atoms with Gasteiger partial charge in [-0.1, -0.05) is 84.9 Å². The maximum absolute atomic E-state index is 6.61. The molecule has 0 amide bonds. The number of fused-ring (bicyclic) bond motifs is 6. The average Bonchev–Trinajstić information content (AvgIpc) is 3.40. The van der Waals surface area contributed by atoms with Crippen molar-refractivity contribution in [3.8, 4) is 11.5 Å². The minimum absolute atomic E-state index is 0.0724. The zero-order valence-electron chi connectivity index (χ0n) is 18.0. The number of rotatable bonds is 2. The zero-order chi connectivity index (χ0) is 21.8. The van der Waals surface area contributed by atoms with E-state index < -0.39 is 6.82 Å². The monoisotopic (exact) mass is 429 g/mol. The predicted octanol–water partition coefficient (Wildman–Crippen LogP) is 5.47. The molecule has 1 spiro atoms. The predicted molar refractivity (Wildman–Crippen MR) is 132 cm³/mol. The minimum Gasteiger partial charge on any atom is -0.644 e. The van der Waals surface area contributed by atoms with Crippen molar-refractivity contribution in [2.24, 2.45) is 0 Å². The molecule has 2 atom stereocenters. The molecule has 1 fully saturated rings. The lowest BCUT2D eigenvalue weighted by Gasteiger charge is -2.46. The van der Waals surface area contributed by atoms with Gasteiger partial charge in [0.15, 0.2) is 0 Å². The Labute approximate surface area is 193 Å². The Bertz CT molecular complexity index is 1240. The molecule has 0 N–H and O–H groups in total. The van der Waals surface area contributed by atoms with E-state index in [1.54, 1.807) is 0 Å². The van der Waals surface area contributed by atoms with Crippen LogP contribution in [0.5, 0.6) is 11.5 Å². The van der Waals surface area contributed by atoms with Gasteiger partial charge in [-0.15, -0.1) is 0 Å². The molecule has 0 saturated carbocycles. The van der Waals surface area contributed by atoms with Gasteiger partial charge in [-0.05, 0) is 59.0 Å². The molecule has 0 aromatic heterocycles. The SMILES string of the molecule is C1=CN2[C@@H](C=C1c1ccccc1)[C@@H]1C=C(c3ccccc3)C=CN1[B-]21Oc2ccccc2O1. The summed E-state index contributed by atoms with van der Waals surface area (Å²) in [7, 11) is 0. The van der Waals surface area contributed by atoms with E-state index in [-0.39, 0.29) is 12.1 Å². The van der Waals surface area contributed by atoms with E-state index in [1.165, 1.54) is 22.3 Å². The highest BCUT2D eigenvalue weighted by molar-refractivity contribution is 6.66. The van der Waals surface area contributed by atoms with Gasteiger partial charge in [-0.25, -0.2) is 0 Å². The van der Waals surface area contributed by atoms with E-state index in [4.69, 9.17) is 9.31 Å². The molecule has 5 heteroatoms. The van der Waals surface area contributed by atoms with Crippen molar-refractivity contribution < 1.29 is 9.31 Å². The number of hydrogen-bond donors (Lipinski definition) is 0. The van der Waals surface area contributed by atoms with Crippen molar-refractivity contribution in [3.63, 3.8) is 0 Å². The van der Waals surface area contributed by atoms with Crippen LogP contribution in [0.1, 0.15) is 11.1 Å². The second-order valence-corrected chi connectivity index (χ2v) is 8.80. The molecule has 7 rings (SSSR count). The van der Waals surface area contributed by atoms with E-state index >= 15 is 0 Å². The number of allylic oxidation sites excluding steroid dienone is 4. The van der Waals surface area contributed by atoms with Gasteiger partial charge in [-0.3, -0.25) is 0 Å². The van der Waals surface area contributed by atoms with E-state index in [1.807, 2.05) is 24.3 Å². The molecule has 0 bridgehead atoms. The van der Waals surface area contributed by atoms with Crippen molar-refractivity contribution >= 4 is 18.0 Å². The lowest BCUT2D eigenvalue weighted by atomic mass is 9.84. The molecule has 4 aliphatic heterocycles. The summed E-state index contributed by atoms with van der Waals surface area (Å²) >= 11 is 0. The van der Waals surface area contributed by atoms with Crippen LogP contribution >= 0.6 is 0 Å². The Balaban J connectivity index is 1.35. The Morgan fingerprint density at radius 1 is 0.545 bits per heavy atom. The fourth-order valence-electron chi connectivity index (χ4n) is 5.43. The van der Waals surface area contributed by atoms with Crippen LogP contribution in [0, 0.1) is 0 Å². The Kier molecular flexibility index (Phi) is 3.88. The highest BCUT2D eigenvalue weighted by atomic mass is 16.7. The van der Waals surface area contributed by atoms with Crippen LogP contribution in [-0.2, 0) is 0 Å². The maximum atomic E-state index is 6.61. The van der Waals surface area contributed by atoms with Crippen LogP contribution in [0.2, 0.25) is 0 Å². The molecule has 3 aromatic rings. The smallest absolute Gasteiger partial charge is 0.572 e. The molecule has 160 valence electrons. The molecule has 4 aliphatic rings. The third kappa shape index (κ3) is 2.72. The van der Waals surface area contributed by atoms with E-state index in [0.29, 0.717) is 0 Å². The third-order valence-corrected chi connectivity index (χ3v) is 6.97. The molecule has 0 aliphatic carbocycles. The number of hydrogen-bond acceptors (Lipinski definition) is 4. The van der Waals surface area contributed by atoms with Gasteiger partial charge >= 0.3 is 6.82 Å².